The fraction of sp³-hybridized carbons (Fsp3) is 0.0857. The predicted octanol–water partition coefficient (Wildman–Crippen LogP) is 8.55. The zero-order chi connectivity index (χ0) is 25.2. The van der Waals surface area contributed by atoms with Gasteiger partial charge in [-0.3, -0.25) is 0 Å². The van der Waals surface area contributed by atoms with Crippen LogP contribution in [0.3, 0.4) is 0 Å². The van der Waals surface area contributed by atoms with Crippen molar-refractivity contribution >= 4 is 32.6 Å². The monoisotopic (exact) mass is 488 g/mol. The Hall–Kier alpha value is -4.76. The van der Waals surface area contributed by atoms with E-state index in [1.54, 1.807) is 0 Å². The zero-order valence-corrected chi connectivity index (χ0v) is 20.9. The highest BCUT2D eigenvalue weighted by Crippen LogP contribution is 2.43. The molecule has 2 atom stereocenters. The fourth-order valence-electron chi connectivity index (χ4n) is 6.06. The van der Waals surface area contributed by atoms with Crippen LogP contribution in [0.1, 0.15) is 17.2 Å². The first-order valence-corrected chi connectivity index (χ1v) is 13.1. The molecule has 2 unspecified atom stereocenters. The van der Waals surface area contributed by atoms with E-state index in [2.05, 4.69) is 122 Å². The highest BCUT2D eigenvalue weighted by atomic mass is 16.5. The highest BCUT2D eigenvalue weighted by molar-refractivity contribution is 6.23. The topological polar surface area (TPSA) is 35.0 Å². The Kier molecular flexibility index (Phi) is 4.56. The molecule has 5 aromatic carbocycles. The summed E-state index contributed by atoms with van der Waals surface area (Å²) >= 11 is 0. The first kappa shape index (κ1) is 21.3. The number of aryl methyl sites for hydroxylation is 1. The number of hydrogen-bond acceptors (Lipinski definition) is 3. The van der Waals surface area contributed by atoms with E-state index in [4.69, 9.17) is 14.7 Å². The zero-order valence-electron chi connectivity index (χ0n) is 20.9. The van der Waals surface area contributed by atoms with Crippen molar-refractivity contribution in [3.63, 3.8) is 0 Å². The number of nitrogens with zero attached hydrogens (tertiary/aromatic N) is 2. The lowest BCUT2D eigenvalue weighted by Gasteiger charge is -2.14. The number of hydrogen-bond donors (Lipinski definition) is 0. The number of aromatic nitrogens is 2. The average molecular weight is 489 g/mol. The number of ether oxygens (including phenoxy) is 1. The lowest BCUT2D eigenvalue weighted by molar-refractivity contribution is 0.269. The van der Waals surface area contributed by atoms with E-state index in [0.717, 1.165) is 44.5 Å². The highest BCUT2D eigenvalue weighted by Gasteiger charge is 2.32. The molecular weight excluding hydrogens is 464 g/mol. The van der Waals surface area contributed by atoms with Gasteiger partial charge in [-0.25, -0.2) is 9.97 Å². The van der Waals surface area contributed by atoms with Crippen LogP contribution in [0.15, 0.2) is 115 Å². The lowest BCUT2D eigenvalue weighted by atomic mass is 9.90. The Morgan fingerprint density at radius 1 is 0.605 bits per heavy atom. The molecule has 0 N–H and O–H groups in total. The summed E-state index contributed by atoms with van der Waals surface area (Å²) in [5.41, 5.74) is 8.47. The maximum absolute atomic E-state index is 6.13. The minimum Gasteiger partial charge on any atom is -0.485 e. The third-order valence-corrected chi connectivity index (χ3v) is 7.93. The van der Waals surface area contributed by atoms with Gasteiger partial charge in [0.1, 0.15) is 11.9 Å². The summed E-state index contributed by atoms with van der Waals surface area (Å²) in [6.07, 6.45) is 8.65. The van der Waals surface area contributed by atoms with Crippen molar-refractivity contribution in [1.82, 2.24) is 9.97 Å². The second kappa shape index (κ2) is 8.12. The van der Waals surface area contributed by atoms with Crippen LogP contribution in [-0.4, -0.2) is 16.1 Å². The van der Waals surface area contributed by atoms with Crippen LogP contribution in [0.5, 0.6) is 5.75 Å². The van der Waals surface area contributed by atoms with Crippen LogP contribution in [0.4, 0.5) is 0 Å². The minimum absolute atomic E-state index is 0.107. The van der Waals surface area contributed by atoms with E-state index >= 15 is 0 Å². The van der Waals surface area contributed by atoms with Crippen molar-refractivity contribution in [3.8, 4) is 28.1 Å². The van der Waals surface area contributed by atoms with Crippen LogP contribution in [0.25, 0.3) is 55.0 Å². The standard InChI is InChI=1S/C35H24N2O/c1-21-33(37-35-29-12-5-3-9-26(29)25-8-2-4-11-28(25)34(35)36-21)23-16-14-22(15-17-23)24-18-19-32-30(20-24)27-10-6-7-13-31(27)38-32/h2-20,27,31H,1H3. The lowest BCUT2D eigenvalue weighted by Crippen LogP contribution is -2.15. The maximum Gasteiger partial charge on any atom is 0.128 e. The summed E-state index contributed by atoms with van der Waals surface area (Å²) in [5.74, 6) is 1.27. The van der Waals surface area contributed by atoms with Gasteiger partial charge in [0.2, 0.25) is 0 Å². The predicted molar refractivity (Wildman–Crippen MR) is 156 cm³/mol. The minimum atomic E-state index is 0.107. The largest absolute Gasteiger partial charge is 0.485 e. The third kappa shape index (κ3) is 3.15. The molecule has 8 rings (SSSR count). The molecule has 180 valence electrons. The summed E-state index contributed by atoms with van der Waals surface area (Å²) < 4.78 is 6.13. The van der Waals surface area contributed by atoms with Gasteiger partial charge in [0, 0.05) is 27.8 Å². The molecule has 0 fully saturated rings. The maximum atomic E-state index is 6.13. The van der Waals surface area contributed by atoms with Crippen molar-refractivity contribution in [2.24, 2.45) is 0 Å². The van der Waals surface area contributed by atoms with Crippen molar-refractivity contribution in [2.45, 2.75) is 18.9 Å². The van der Waals surface area contributed by atoms with Crippen LogP contribution >= 0.6 is 0 Å². The van der Waals surface area contributed by atoms with Gasteiger partial charge in [-0.15, -0.1) is 0 Å². The number of allylic oxidation sites excluding steroid dienone is 2. The van der Waals surface area contributed by atoms with Crippen molar-refractivity contribution in [2.75, 3.05) is 0 Å². The first-order chi connectivity index (χ1) is 18.7. The summed E-state index contributed by atoms with van der Waals surface area (Å²) in [5, 5.41) is 4.70. The average Bonchev–Trinajstić information content (AvgIpc) is 3.35. The number of benzene rings is 5. The van der Waals surface area contributed by atoms with E-state index < -0.39 is 0 Å². The molecule has 1 aliphatic heterocycles. The molecule has 3 nitrogen and oxygen atoms in total. The van der Waals surface area contributed by atoms with Gasteiger partial charge >= 0.3 is 0 Å². The summed E-state index contributed by atoms with van der Waals surface area (Å²) in [6.45, 7) is 2.06. The first-order valence-electron chi connectivity index (χ1n) is 13.1. The van der Waals surface area contributed by atoms with Gasteiger partial charge in [0.25, 0.3) is 0 Å². The molecule has 6 aromatic rings. The van der Waals surface area contributed by atoms with Crippen LogP contribution in [0.2, 0.25) is 0 Å². The normalized spacial score (nSPS) is 17.6. The summed E-state index contributed by atoms with van der Waals surface area (Å²) in [6, 6.07) is 32.2. The number of rotatable bonds is 2. The molecule has 0 spiro atoms. The van der Waals surface area contributed by atoms with Gasteiger partial charge in [0.05, 0.1) is 22.4 Å². The van der Waals surface area contributed by atoms with Gasteiger partial charge in [-0.1, -0.05) is 97.1 Å². The second-order valence-electron chi connectivity index (χ2n) is 10.2. The fourth-order valence-corrected chi connectivity index (χ4v) is 6.06. The Labute approximate surface area is 220 Å². The van der Waals surface area contributed by atoms with Gasteiger partial charge < -0.3 is 4.74 Å². The van der Waals surface area contributed by atoms with E-state index in [-0.39, 0.29) is 12.0 Å². The molecule has 0 radical (unpaired) electrons. The Morgan fingerprint density at radius 2 is 1.21 bits per heavy atom. The molecule has 1 aliphatic carbocycles. The Balaban J connectivity index is 1.23. The second-order valence-corrected chi connectivity index (χ2v) is 10.2. The summed E-state index contributed by atoms with van der Waals surface area (Å²) in [7, 11) is 0. The molecule has 0 bridgehead atoms. The van der Waals surface area contributed by atoms with Crippen LogP contribution in [-0.2, 0) is 0 Å². The van der Waals surface area contributed by atoms with Crippen LogP contribution in [0, 0.1) is 6.92 Å². The van der Waals surface area contributed by atoms with E-state index in [1.807, 2.05) is 0 Å². The molecule has 3 heteroatoms. The van der Waals surface area contributed by atoms with Gasteiger partial charge in [0.15, 0.2) is 0 Å². The molecule has 0 saturated heterocycles. The SMILES string of the molecule is Cc1nc2c3ccccc3c3ccccc3c2nc1-c1ccc(-c2ccc3c(c2)C2C=CC=CC2O3)cc1. The molecule has 2 aliphatic rings. The molecular formula is C35H24N2O. The number of fused-ring (bicyclic) bond motifs is 9. The van der Waals surface area contributed by atoms with Crippen molar-refractivity contribution in [3.05, 3.63) is 127 Å². The molecule has 1 aromatic heterocycles. The van der Waals surface area contributed by atoms with E-state index in [0.29, 0.717) is 0 Å². The molecule has 0 amide bonds. The Bertz CT molecular complexity index is 1970. The summed E-state index contributed by atoms with van der Waals surface area (Å²) in [4.78, 5) is 10.3. The van der Waals surface area contributed by atoms with Crippen molar-refractivity contribution in [1.29, 1.82) is 0 Å². The van der Waals surface area contributed by atoms with Crippen LogP contribution < -0.4 is 4.74 Å². The quantitative estimate of drug-likeness (QED) is 0.229. The van der Waals surface area contributed by atoms with Crippen molar-refractivity contribution < 1.29 is 4.74 Å². The van der Waals surface area contributed by atoms with Gasteiger partial charge in [-0.2, -0.15) is 0 Å². The molecule has 0 saturated carbocycles. The smallest absolute Gasteiger partial charge is 0.128 e. The van der Waals surface area contributed by atoms with Gasteiger partial charge in [-0.05, 0) is 47.0 Å². The Morgan fingerprint density at radius 3 is 1.95 bits per heavy atom. The van der Waals surface area contributed by atoms with E-state index in [9.17, 15) is 0 Å². The molecule has 2 heterocycles. The third-order valence-electron chi connectivity index (χ3n) is 7.93. The van der Waals surface area contributed by atoms with E-state index in [1.165, 1.54) is 27.5 Å². The molecule has 38 heavy (non-hydrogen) atoms.